The normalized spacial score (nSPS) is 10.8. The zero-order chi connectivity index (χ0) is 20.9. The molecule has 0 spiro atoms. The van der Waals surface area contributed by atoms with E-state index < -0.39 is 23.8 Å². The Morgan fingerprint density at radius 2 is 1.86 bits per heavy atom. The number of imidazole rings is 1. The molecule has 0 saturated heterocycles. The van der Waals surface area contributed by atoms with Crippen LogP contribution >= 0.6 is 0 Å². The van der Waals surface area contributed by atoms with Crippen LogP contribution < -0.4 is 10.6 Å². The molecule has 0 saturated carbocycles. The van der Waals surface area contributed by atoms with Crippen LogP contribution in [0.25, 0.3) is 0 Å². The van der Waals surface area contributed by atoms with Gasteiger partial charge in [0.25, 0.3) is 11.9 Å². The van der Waals surface area contributed by atoms with Crippen molar-refractivity contribution in [1.29, 1.82) is 0 Å². The van der Waals surface area contributed by atoms with Gasteiger partial charge in [-0.1, -0.05) is 30.3 Å². The number of aromatic nitrogens is 2. The lowest BCUT2D eigenvalue weighted by molar-refractivity contribution is -0.134. The lowest BCUT2D eigenvalue weighted by atomic mass is 10.1. The van der Waals surface area contributed by atoms with Gasteiger partial charge in [-0.05, 0) is 25.3 Å². The van der Waals surface area contributed by atoms with Gasteiger partial charge >= 0.3 is 0 Å². The minimum Gasteiger partial charge on any atom is -0.481 e. The zero-order valence-corrected chi connectivity index (χ0v) is 15.8. The minimum absolute atomic E-state index is 0.0799. The largest absolute Gasteiger partial charge is 0.481 e. The maximum absolute atomic E-state index is 12.1. The lowest BCUT2D eigenvalue weighted by Crippen LogP contribution is -2.45. The number of carbonyl (C=O) groups excluding carboxylic acids is 3. The molecule has 4 N–H and O–H groups in total. The summed E-state index contributed by atoms with van der Waals surface area (Å²) in [6.45, 7) is 2.54. The van der Waals surface area contributed by atoms with Crippen LogP contribution in [-0.4, -0.2) is 51.7 Å². The van der Waals surface area contributed by atoms with E-state index in [4.69, 9.17) is 9.90 Å². The summed E-state index contributed by atoms with van der Waals surface area (Å²) >= 11 is 0. The Bertz CT molecular complexity index is 785. The Kier molecular flexibility index (Phi) is 9.66. The molecule has 1 atom stereocenters. The van der Waals surface area contributed by atoms with Crippen LogP contribution in [0.3, 0.4) is 0 Å². The number of nitrogens with zero attached hydrogens (tertiary/aromatic N) is 1. The summed E-state index contributed by atoms with van der Waals surface area (Å²) in [7, 11) is 0. The fraction of sp³-hybridized carbons (Fsp3) is 0.316. The molecule has 1 aromatic heterocycles. The summed E-state index contributed by atoms with van der Waals surface area (Å²) in [4.78, 5) is 49.9. The standard InChI is InChI=1S/C17H20N4O3.C2H4O2/c1-12(16(23)18-9-10-22)20-17(24)15-19-11-14(21-15)8-7-13-5-3-2-4-6-13;1-2(3)4/h2-6,10-12H,7-9H2,1H3,(H,18,23)(H,19,21)(H,20,24);1H3,(H,3,4)/t12-;/m0./s1. The number of H-pyrrole nitrogens is 1. The van der Waals surface area contributed by atoms with E-state index in [1.54, 1.807) is 6.20 Å². The van der Waals surface area contributed by atoms with E-state index in [2.05, 4.69) is 20.6 Å². The van der Waals surface area contributed by atoms with Gasteiger partial charge < -0.3 is 25.5 Å². The molecule has 0 bridgehead atoms. The first kappa shape index (κ1) is 22.6. The molecule has 28 heavy (non-hydrogen) atoms. The molecule has 0 aliphatic carbocycles. The van der Waals surface area contributed by atoms with Gasteiger partial charge in [-0.15, -0.1) is 0 Å². The van der Waals surface area contributed by atoms with E-state index in [1.807, 2.05) is 30.3 Å². The van der Waals surface area contributed by atoms with Gasteiger partial charge in [0.1, 0.15) is 12.3 Å². The highest BCUT2D eigenvalue weighted by molar-refractivity contribution is 5.95. The van der Waals surface area contributed by atoms with Crippen LogP contribution in [0.5, 0.6) is 0 Å². The average Bonchev–Trinajstić information content (AvgIpc) is 3.14. The van der Waals surface area contributed by atoms with Crippen molar-refractivity contribution < 1.29 is 24.3 Å². The number of aliphatic carboxylic acids is 1. The van der Waals surface area contributed by atoms with E-state index >= 15 is 0 Å². The Morgan fingerprint density at radius 1 is 1.21 bits per heavy atom. The molecule has 0 radical (unpaired) electrons. The molecule has 1 aromatic carbocycles. The molecule has 2 aromatic rings. The highest BCUT2D eigenvalue weighted by Gasteiger charge is 2.18. The molecule has 9 nitrogen and oxygen atoms in total. The summed E-state index contributed by atoms with van der Waals surface area (Å²) < 4.78 is 0. The van der Waals surface area contributed by atoms with Crippen molar-refractivity contribution in [1.82, 2.24) is 20.6 Å². The van der Waals surface area contributed by atoms with E-state index in [0.717, 1.165) is 25.5 Å². The molecule has 2 amide bonds. The smallest absolute Gasteiger partial charge is 0.300 e. The Hall–Kier alpha value is -3.49. The predicted molar refractivity (Wildman–Crippen MR) is 102 cm³/mol. The van der Waals surface area contributed by atoms with Crippen molar-refractivity contribution in [3.63, 3.8) is 0 Å². The molecule has 0 unspecified atom stereocenters. The fourth-order valence-electron chi connectivity index (χ4n) is 2.15. The first-order valence-corrected chi connectivity index (χ1v) is 8.63. The number of carbonyl (C=O) groups is 4. The second-order valence-electron chi connectivity index (χ2n) is 5.87. The summed E-state index contributed by atoms with van der Waals surface area (Å²) in [6.07, 6.45) is 3.78. The number of benzene rings is 1. The van der Waals surface area contributed by atoms with Gasteiger partial charge in [-0.2, -0.15) is 0 Å². The van der Waals surface area contributed by atoms with E-state index in [0.29, 0.717) is 6.29 Å². The maximum Gasteiger partial charge on any atom is 0.300 e. The Morgan fingerprint density at radius 3 is 2.46 bits per heavy atom. The number of carboxylic acid groups (broad SMARTS) is 1. The summed E-state index contributed by atoms with van der Waals surface area (Å²) in [5.41, 5.74) is 2.06. The van der Waals surface area contributed by atoms with Crippen LogP contribution in [-0.2, 0) is 27.2 Å². The molecular formula is C19H24N4O5. The highest BCUT2D eigenvalue weighted by atomic mass is 16.4. The number of aldehydes is 1. The summed E-state index contributed by atoms with van der Waals surface area (Å²) in [6, 6.07) is 9.27. The molecule has 0 aliphatic rings. The number of rotatable bonds is 8. The maximum atomic E-state index is 12.1. The van der Waals surface area contributed by atoms with Crippen LogP contribution in [0, 0.1) is 0 Å². The molecule has 150 valence electrons. The minimum atomic E-state index is -0.833. The zero-order valence-electron chi connectivity index (χ0n) is 15.8. The second-order valence-corrected chi connectivity index (χ2v) is 5.87. The number of amides is 2. The number of nitrogens with one attached hydrogen (secondary N) is 3. The van der Waals surface area contributed by atoms with E-state index in [1.165, 1.54) is 12.5 Å². The lowest BCUT2D eigenvalue weighted by Gasteiger charge is -2.11. The average molecular weight is 388 g/mol. The first-order chi connectivity index (χ1) is 13.3. The SMILES string of the molecule is CC(=O)O.C[C@H](NC(=O)c1ncc(CCc2ccccc2)[nH]1)C(=O)NCC=O. The van der Waals surface area contributed by atoms with E-state index in [9.17, 15) is 14.4 Å². The highest BCUT2D eigenvalue weighted by Crippen LogP contribution is 2.06. The Labute approximate surface area is 162 Å². The topological polar surface area (TPSA) is 141 Å². The van der Waals surface area contributed by atoms with Crippen LogP contribution in [0.15, 0.2) is 36.5 Å². The molecule has 0 aliphatic heterocycles. The van der Waals surface area contributed by atoms with Crippen molar-refractivity contribution in [2.45, 2.75) is 32.7 Å². The number of carboxylic acids is 1. The van der Waals surface area contributed by atoms with Crippen LogP contribution in [0.4, 0.5) is 0 Å². The number of hydrogen-bond acceptors (Lipinski definition) is 5. The Balaban J connectivity index is 0.000000892. The van der Waals surface area contributed by atoms with Gasteiger partial charge in [-0.25, -0.2) is 4.98 Å². The van der Waals surface area contributed by atoms with Gasteiger partial charge in [0.05, 0.1) is 6.54 Å². The van der Waals surface area contributed by atoms with Crippen molar-refractivity contribution in [2.75, 3.05) is 6.54 Å². The number of aryl methyl sites for hydroxylation is 2. The monoisotopic (exact) mass is 388 g/mol. The van der Waals surface area contributed by atoms with Gasteiger partial charge in [0.2, 0.25) is 5.91 Å². The van der Waals surface area contributed by atoms with E-state index in [-0.39, 0.29) is 12.4 Å². The van der Waals surface area contributed by atoms with Crippen LogP contribution in [0.1, 0.15) is 35.7 Å². The molecule has 9 heteroatoms. The predicted octanol–water partition coefficient (Wildman–Crippen LogP) is 0.719. The third-order valence-corrected chi connectivity index (χ3v) is 3.47. The molecule has 1 heterocycles. The van der Waals surface area contributed by atoms with Crippen molar-refractivity contribution in [2.24, 2.45) is 0 Å². The van der Waals surface area contributed by atoms with Crippen molar-refractivity contribution in [3.05, 3.63) is 53.6 Å². The second kappa shape index (κ2) is 12.0. The molecular weight excluding hydrogens is 364 g/mol. The quantitative estimate of drug-likeness (QED) is 0.491. The van der Waals surface area contributed by atoms with Crippen molar-refractivity contribution >= 4 is 24.1 Å². The van der Waals surface area contributed by atoms with Gasteiger partial charge in [-0.3, -0.25) is 14.4 Å². The van der Waals surface area contributed by atoms with Crippen molar-refractivity contribution in [3.8, 4) is 0 Å². The third-order valence-electron chi connectivity index (χ3n) is 3.47. The first-order valence-electron chi connectivity index (χ1n) is 8.63. The van der Waals surface area contributed by atoms with Gasteiger partial charge in [0, 0.05) is 18.8 Å². The third kappa shape index (κ3) is 8.75. The van der Waals surface area contributed by atoms with Crippen LogP contribution in [0.2, 0.25) is 0 Å². The fourth-order valence-corrected chi connectivity index (χ4v) is 2.15. The number of hydrogen-bond donors (Lipinski definition) is 4. The van der Waals surface area contributed by atoms with Gasteiger partial charge in [0.15, 0.2) is 5.82 Å². The molecule has 2 rings (SSSR count). The number of aromatic amines is 1. The molecule has 0 fully saturated rings. The summed E-state index contributed by atoms with van der Waals surface area (Å²) in [5, 5.41) is 12.3. The summed E-state index contributed by atoms with van der Waals surface area (Å²) in [5.74, 6) is -1.56.